The van der Waals surface area contributed by atoms with Gasteiger partial charge in [-0.1, -0.05) is 23.2 Å². The molecule has 5 rings (SSSR count). The van der Waals surface area contributed by atoms with Crippen LogP contribution in [0.4, 0.5) is 0 Å². The smallest absolute Gasteiger partial charge is 0.272 e. The zero-order valence-electron chi connectivity index (χ0n) is 19.5. The zero-order valence-corrected chi connectivity index (χ0v) is 21.0. The fraction of sp³-hybridized carbons (Fsp3) is 0.542. The lowest BCUT2D eigenvalue weighted by molar-refractivity contribution is -0.137. The standard InChI is InChI=1S/C24H29Cl2N5O4/c1-30-5-6-31(23(34)21-20(26)16-8-14(25)2-3-18(16)29-21)15(12-30)10-28-22(33)17-11-27-19(32)9-24(17)4-7-35-13-24/h2-3,8,15,17,29H,4-7,9-13H2,1H3,(H,27,32)(H,28,33). The minimum absolute atomic E-state index is 0.0401. The van der Waals surface area contributed by atoms with Crippen molar-refractivity contribution in [3.63, 3.8) is 0 Å². The van der Waals surface area contributed by atoms with Gasteiger partial charge in [0.2, 0.25) is 11.8 Å². The van der Waals surface area contributed by atoms with Crippen molar-refractivity contribution in [1.29, 1.82) is 0 Å². The molecular weight excluding hydrogens is 493 g/mol. The summed E-state index contributed by atoms with van der Waals surface area (Å²) in [5, 5.41) is 7.48. The summed E-state index contributed by atoms with van der Waals surface area (Å²) in [5.41, 5.74) is 0.608. The maximum atomic E-state index is 13.6. The average Bonchev–Trinajstić information content (AvgIpc) is 3.41. The summed E-state index contributed by atoms with van der Waals surface area (Å²) in [7, 11) is 2.00. The number of piperazine rings is 1. The number of aromatic nitrogens is 1. The number of benzene rings is 1. The fourth-order valence-corrected chi connectivity index (χ4v) is 6.02. The molecule has 11 heteroatoms. The summed E-state index contributed by atoms with van der Waals surface area (Å²) < 4.78 is 5.57. The van der Waals surface area contributed by atoms with Gasteiger partial charge >= 0.3 is 0 Å². The molecule has 3 atom stereocenters. The number of hydrogen-bond acceptors (Lipinski definition) is 5. The van der Waals surface area contributed by atoms with Crippen molar-refractivity contribution in [2.45, 2.75) is 18.9 Å². The van der Waals surface area contributed by atoms with Crippen molar-refractivity contribution in [3.05, 3.63) is 33.9 Å². The average molecular weight is 522 g/mol. The zero-order chi connectivity index (χ0) is 24.7. The van der Waals surface area contributed by atoms with E-state index >= 15 is 0 Å². The number of nitrogens with one attached hydrogen (secondary N) is 3. The van der Waals surface area contributed by atoms with Gasteiger partial charge in [0.1, 0.15) is 5.69 Å². The Balaban J connectivity index is 1.32. The molecule has 3 aliphatic heterocycles. The van der Waals surface area contributed by atoms with E-state index in [0.29, 0.717) is 73.4 Å². The second kappa shape index (κ2) is 9.61. The van der Waals surface area contributed by atoms with E-state index in [2.05, 4.69) is 20.5 Å². The predicted molar refractivity (Wildman–Crippen MR) is 133 cm³/mol. The number of amides is 3. The third-order valence-electron chi connectivity index (χ3n) is 7.58. The van der Waals surface area contributed by atoms with Crippen LogP contribution in [-0.4, -0.2) is 91.5 Å². The molecule has 4 heterocycles. The fourth-order valence-electron chi connectivity index (χ4n) is 5.56. The summed E-state index contributed by atoms with van der Waals surface area (Å²) in [5.74, 6) is -0.725. The van der Waals surface area contributed by atoms with Crippen molar-refractivity contribution < 1.29 is 19.1 Å². The van der Waals surface area contributed by atoms with Gasteiger partial charge in [0.15, 0.2) is 0 Å². The number of carbonyl (C=O) groups excluding carboxylic acids is 3. The largest absolute Gasteiger partial charge is 0.381 e. The molecule has 0 radical (unpaired) electrons. The number of nitrogens with zero attached hydrogens (tertiary/aromatic N) is 2. The minimum atomic E-state index is -0.454. The van der Waals surface area contributed by atoms with E-state index in [0.717, 1.165) is 12.1 Å². The van der Waals surface area contributed by atoms with Crippen molar-refractivity contribution >= 4 is 51.8 Å². The lowest BCUT2D eigenvalue weighted by Gasteiger charge is -2.41. The van der Waals surface area contributed by atoms with Crippen molar-refractivity contribution in [2.24, 2.45) is 11.3 Å². The lowest BCUT2D eigenvalue weighted by Crippen LogP contribution is -2.60. The Hall–Kier alpha value is -2.33. The SMILES string of the molecule is CN1CCN(C(=O)c2[nH]c3ccc(Cl)cc3c2Cl)C(CNC(=O)C2CNC(=O)CC23CCOC3)C1. The third kappa shape index (κ3) is 4.62. The van der Waals surface area contributed by atoms with E-state index < -0.39 is 5.41 Å². The molecule has 0 aliphatic carbocycles. The minimum Gasteiger partial charge on any atom is -0.381 e. The van der Waals surface area contributed by atoms with Crippen LogP contribution in [0.2, 0.25) is 10.0 Å². The maximum Gasteiger partial charge on any atom is 0.272 e. The number of hydrogen-bond donors (Lipinski definition) is 3. The molecule has 3 N–H and O–H groups in total. The Kier molecular flexibility index (Phi) is 6.69. The van der Waals surface area contributed by atoms with Crippen LogP contribution in [0.1, 0.15) is 23.3 Å². The maximum absolute atomic E-state index is 13.6. The monoisotopic (exact) mass is 521 g/mol. The molecule has 0 saturated carbocycles. The summed E-state index contributed by atoms with van der Waals surface area (Å²) >= 11 is 12.7. The number of rotatable bonds is 4. The first-order chi connectivity index (χ1) is 16.8. The molecule has 0 bridgehead atoms. The van der Waals surface area contributed by atoms with Gasteiger partial charge in [0.05, 0.1) is 23.6 Å². The number of carbonyl (C=O) groups is 3. The van der Waals surface area contributed by atoms with Crippen LogP contribution in [0.25, 0.3) is 10.9 Å². The Labute approximate surface area is 213 Å². The first-order valence-electron chi connectivity index (χ1n) is 11.9. The van der Waals surface area contributed by atoms with Gasteiger partial charge in [0, 0.05) is 67.1 Å². The number of piperidine rings is 1. The van der Waals surface area contributed by atoms with Gasteiger partial charge in [-0.25, -0.2) is 0 Å². The summed E-state index contributed by atoms with van der Waals surface area (Å²) in [6.45, 7) is 3.43. The highest BCUT2D eigenvalue weighted by molar-refractivity contribution is 6.39. The van der Waals surface area contributed by atoms with Crippen LogP contribution in [0.3, 0.4) is 0 Å². The summed E-state index contributed by atoms with van der Waals surface area (Å²) in [4.78, 5) is 45.9. The molecule has 2 aromatic rings. The van der Waals surface area contributed by atoms with Crippen LogP contribution >= 0.6 is 23.2 Å². The van der Waals surface area contributed by atoms with Crippen LogP contribution in [0.5, 0.6) is 0 Å². The highest BCUT2D eigenvalue weighted by Gasteiger charge is 2.50. The topological polar surface area (TPSA) is 107 Å². The Morgan fingerprint density at radius 3 is 2.89 bits per heavy atom. The van der Waals surface area contributed by atoms with Crippen LogP contribution in [0.15, 0.2) is 18.2 Å². The number of ether oxygens (including phenoxy) is 1. The van der Waals surface area contributed by atoms with Crippen LogP contribution < -0.4 is 10.6 Å². The van der Waals surface area contributed by atoms with E-state index in [9.17, 15) is 14.4 Å². The van der Waals surface area contributed by atoms with E-state index in [1.165, 1.54) is 0 Å². The predicted octanol–water partition coefficient (Wildman–Crippen LogP) is 1.89. The molecule has 3 saturated heterocycles. The normalized spacial score (nSPS) is 27.4. The van der Waals surface area contributed by atoms with Crippen LogP contribution in [0, 0.1) is 11.3 Å². The van der Waals surface area contributed by atoms with Crippen molar-refractivity contribution in [2.75, 3.05) is 53.0 Å². The molecule has 1 spiro atoms. The Morgan fingerprint density at radius 1 is 1.29 bits per heavy atom. The number of fused-ring (bicyclic) bond motifs is 1. The summed E-state index contributed by atoms with van der Waals surface area (Å²) in [6, 6.07) is 5.05. The van der Waals surface area contributed by atoms with Gasteiger partial charge in [-0.05, 0) is 31.7 Å². The highest BCUT2D eigenvalue weighted by atomic mass is 35.5. The van der Waals surface area contributed by atoms with E-state index in [1.807, 2.05) is 7.05 Å². The number of halogens is 2. The van der Waals surface area contributed by atoms with Crippen molar-refractivity contribution in [3.8, 4) is 0 Å². The molecule has 1 aromatic carbocycles. The first kappa shape index (κ1) is 24.4. The molecule has 188 valence electrons. The van der Waals surface area contributed by atoms with Gasteiger partial charge < -0.3 is 30.2 Å². The molecular formula is C24H29Cl2N5O4. The van der Waals surface area contributed by atoms with Gasteiger partial charge in [-0.15, -0.1) is 0 Å². The van der Waals surface area contributed by atoms with Gasteiger partial charge in [-0.3, -0.25) is 14.4 Å². The highest BCUT2D eigenvalue weighted by Crippen LogP contribution is 2.42. The molecule has 35 heavy (non-hydrogen) atoms. The van der Waals surface area contributed by atoms with Gasteiger partial charge in [-0.2, -0.15) is 0 Å². The second-order valence-corrected chi connectivity index (χ2v) is 10.7. The molecule has 3 unspecified atom stereocenters. The quantitative estimate of drug-likeness (QED) is 0.569. The van der Waals surface area contributed by atoms with Gasteiger partial charge in [0.25, 0.3) is 5.91 Å². The molecule has 9 nitrogen and oxygen atoms in total. The Bertz CT molecular complexity index is 1160. The molecule has 3 amide bonds. The first-order valence-corrected chi connectivity index (χ1v) is 12.6. The Morgan fingerprint density at radius 2 is 2.11 bits per heavy atom. The van der Waals surface area contributed by atoms with E-state index in [1.54, 1.807) is 23.1 Å². The summed E-state index contributed by atoms with van der Waals surface area (Å²) in [6.07, 6.45) is 0.989. The number of aromatic amines is 1. The number of likely N-dealkylation sites (N-methyl/N-ethyl adjacent to an activating group) is 1. The van der Waals surface area contributed by atoms with Crippen LogP contribution in [-0.2, 0) is 14.3 Å². The van der Waals surface area contributed by atoms with E-state index in [4.69, 9.17) is 27.9 Å². The molecule has 1 aromatic heterocycles. The molecule has 3 fully saturated rings. The lowest BCUT2D eigenvalue weighted by atomic mass is 9.69. The van der Waals surface area contributed by atoms with E-state index in [-0.39, 0.29) is 29.7 Å². The number of H-pyrrole nitrogens is 1. The molecule has 3 aliphatic rings. The third-order valence-corrected chi connectivity index (χ3v) is 8.20. The van der Waals surface area contributed by atoms with Crippen molar-refractivity contribution in [1.82, 2.24) is 25.4 Å². The second-order valence-electron chi connectivity index (χ2n) is 9.86.